The summed E-state index contributed by atoms with van der Waals surface area (Å²) in [6.45, 7) is 8.05. The van der Waals surface area contributed by atoms with Gasteiger partial charge in [-0.15, -0.1) is 0 Å². The molecule has 1 N–H and O–H groups in total. The van der Waals surface area contributed by atoms with Gasteiger partial charge in [0.1, 0.15) is 0 Å². The van der Waals surface area contributed by atoms with Gasteiger partial charge in [0, 0.05) is 11.8 Å². The van der Waals surface area contributed by atoms with Gasteiger partial charge in [-0.3, -0.25) is 0 Å². The fourth-order valence-electron chi connectivity index (χ4n) is 1.52. The van der Waals surface area contributed by atoms with Gasteiger partial charge in [0.15, 0.2) is 0 Å². The quantitative estimate of drug-likeness (QED) is 0.686. The fraction of sp³-hybridized carbons (Fsp3) is 1.00. The maximum Gasteiger partial charge on any atom is 0.0209 e. The van der Waals surface area contributed by atoms with Crippen LogP contribution in [-0.2, 0) is 0 Å². The minimum absolute atomic E-state index is 0.515. The number of thioether (sulfide) groups is 1. The number of hydrogen-bond acceptors (Lipinski definition) is 2. The third kappa shape index (κ3) is 2.38. The summed E-state index contributed by atoms with van der Waals surface area (Å²) in [6, 6.07) is 0.728. The molecule has 1 aliphatic heterocycles. The third-order valence-corrected chi connectivity index (χ3v) is 3.63. The lowest BCUT2D eigenvalue weighted by Crippen LogP contribution is -2.46. The van der Waals surface area contributed by atoms with Crippen LogP contribution in [0, 0.1) is 5.41 Å². The third-order valence-electron chi connectivity index (χ3n) is 2.57. The summed E-state index contributed by atoms with van der Waals surface area (Å²) in [7, 11) is 0. The minimum atomic E-state index is 0.515. The Bertz CT molecular complexity index is 121. The Kier molecular flexibility index (Phi) is 3.26. The SMILES string of the molecule is CCNC1CSCCC1(C)C. The molecule has 0 radical (unpaired) electrons. The highest BCUT2D eigenvalue weighted by Gasteiger charge is 2.31. The molecule has 1 saturated heterocycles. The van der Waals surface area contributed by atoms with Crippen molar-refractivity contribution in [2.75, 3.05) is 18.1 Å². The minimum Gasteiger partial charge on any atom is -0.313 e. The molecule has 0 aromatic carbocycles. The van der Waals surface area contributed by atoms with Crippen LogP contribution in [0.25, 0.3) is 0 Å². The zero-order valence-corrected chi connectivity index (χ0v) is 8.63. The maximum atomic E-state index is 3.55. The van der Waals surface area contributed by atoms with Crippen LogP contribution < -0.4 is 5.32 Å². The molecule has 0 amide bonds. The van der Waals surface area contributed by atoms with Crippen molar-refractivity contribution in [2.45, 2.75) is 33.2 Å². The molecule has 0 saturated carbocycles. The molecule has 1 unspecified atom stereocenters. The number of nitrogens with one attached hydrogen (secondary N) is 1. The van der Waals surface area contributed by atoms with E-state index < -0.39 is 0 Å². The van der Waals surface area contributed by atoms with Crippen molar-refractivity contribution in [2.24, 2.45) is 5.41 Å². The van der Waals surface area contributed by atoms with Gasteiger partial charge in [0.05, 0.1) is 0 Å². The summed E-state index contributed by atoms with van der Waals surface area (Å²) < 4.78 is 0. The normalized spacial score (nSPS) is 30.3. The van der Waals surface area contributed by atoms with Crippen LogP contribution in [0.15, 0.2) is 0 Å². The molecule has 1 fully saturated rings. The average Bonchev–Trinajstić information content (AvgIpc) is 1.94. The molecule has 0 bridgehead atoms. The van der Waals surface area contributed by atoms with E-state index in [1.165, 1.54) is 17.9 Å². The van der Waals surface area contributed by atoms with Crippen molar-refractivity contribution in [1.82, 2.24) is 5.32 Å². The highest BCUT2D eigenvalue weighted by atomic mass is 32.2. The van der Waals surface area contributed by atoms with Gasteiger partial charge in [0.25, 0.3) is 0 Å². The first-order chi connectivity index (χ1) is 5.17. The maximum absolute atomic E-state index is 3.55. The van der Waals surface area contributed by atoms with Crippen molar-refractivity contribution in [1.29, 1.82) is 0 Å². The second-order valence-electron chi connectivity index (χ2n) is 3.92. The Balaban J connectivity index is 2.45. The topological polar surface area (TPSA) is 12.0 Å². The van der Waals surface area contributed by atoms with E-state index in [0.29, 0.717) is 5.41 Å². The first-order valence-corrected chi connectivity index (χ1v) is 5.63. The summed E-state index contributed by atoms with van der Waals surface area (Å²) in [4.78, 5) is 0. The Hall–Kier alpha value is 0.310. The zero-order chi connectivity index (χ0) is 8.32. The molecular formula is C9H19NS. The van der Waals surface area contributed by atoms with Crippen molar-refractivity contribution in [3.8, 4) is 0 Å². The highest BCUT2D eigenvalue weighted by Crippen LogP contribution is 2.33. The van der Waals surface area contributed by atoms with Crippen LogP contribution in [0.5, 0.6) is 0 Å². The molecule has 2 heteroatoms. The van der Waals surface area contributed by atoms with Crippen LogP contribution >= 0.6 is 11.8 Å². The molecular weight excluding hydrogens is 154 g/mol. The standard InChI is InChI=1S/C9H19NS/c1-4-10-8-7-11-6-5-9(8,2)3/h8,10H,4-7H2,1-3H3. The summed E-state index contributed by atoms with van der Waals surface area (Å²) in [5.41, 5.74) is 0.515. The summed E-state index contributed by atoms with van der Waals surface area (Å²) >= 11 is 2.08. The van der Waals surface area contributed by atoms with Crippen molar-refractivity contribution >= 4 is 11.8 Å². The molecule has 1 nitrogen and oxygen atoms in total. The average molecular weight is 173 g/mol. The van der Waals surface area contributed by atoms with E-state index in [-0.39, 0.29) is 0 Å². The van der Waals surface area contributed by atoms with Crippen LogP contribution in [0.4, 0.5) is 0 Å². The smallest absolute Gasteiger partial charge is 0.0209 e. The van der Waals surface area contributed by atoms with Crippen LogP contribution in [-0.4, -0.2) is 24.1 Å². The number of hydrogen-bond donors (Lipinski definition) is 1. The molecule has 0 aliphatic carbocycles. The van der Waals surface area contributed by atoms with E-state index in [0.717, 1.165) is 12.6 Å². The lowest BCUT2D eigenvalue weighted by atomic mass is 9.82. The molecule has 11 heavy (non-hydrogen) atoms. The van der Waals surface area contributed by atoms with Gasteiger partial charge in [-0.25, -0.2) is 0 Å². The Morgan fingerprint density at radius 3 is 2.82 bits per heavy atom. The summed E-state index contributed by atoms with van der Waals surface area (Å²) in [5, 5.41) is 3.55. The second kappa shape index (κ2) is 3.81. The lowest BCUT2D eigenvalue weighted by molar-refractivity contribution is 0.249. The van der Waals surface area contributed by atoms with Gasteiger partial charge < -0.3 is 5.32 Å². The van der Waals surface area contributed by atoms with E-state index in [1.54, 1.807) is 0 Å². The van der Waals surface area contributed by atoms with E-state index in [2.05, 4.69) is 37.8 Å². The van der Waals surface area contributed by atoms with Crippen LogP contribution in [0.2, 0.25) is 0 Å². The monoisotopic (exact) mass is 173 g/mol. The first kappa shape index (κ1) is 9.40. The number of rotatable bonds is 2. The molecule has 1 aliphatic rings. The van der Waals surface area contributed by atoms with Gasteiger partial charge in [0.2, 0.25) is 0 Å². The molecule has 66 valence electrons. The fourth-order valence-corrected chi connectivity index (χ4v) is 3.16. The molecule has 1 atom stereocenters. The summed E-state index contributed by atoms with van der Waals surface area (Å²) in [5.74, 6) is 2.63. The van der Waals surface area contributed by atoms with E-state index in [1.807, 2.05) is 0 Å². The predicted molar refractivity (Wildman–Crippen MR) is 53.2 cm³/mol. The Morgan fingerprint density at radius 2 is 2.27 bits per heavy atom. The molecule has 1 rings (SSSR count). The molecule has 0 aromatic heterocycles. The van der Waals surface area contributed by atoms with Crippen molar-refractivity contribution in [3.05, 3.63) is 0 Å². The van der Waals surface area contributed by atoms with Gasteiger partial charge >= 0.3 is 0 Å². The molecule has 0 spiro atoms. The van der Waals surface area contributed by atoms with E-state index in [4.69, 9.17) is 0 Å². The van der Waals surface area contributed by atoms with E-state index >= 15 is 0 Å². The zero-order valence-electron chi connectivity index (χ0n) is 7.81. The first-order valence-electron chi connectivity index (χ1n) is 4.48. The highest BCUT2D eigenvalue weighted by molar-refractivity contribution is 7.99. The van der Waals surface area contributed by atoms with Crippen LogP contribution in [0.3, 0.4) is 0 Å². The van der Waals surface area contributed by atoms with Gasteiger partial charge in [-0.1, -0.05) is 20.8 Å². The van der Waals surface area contributed by atoms with Crippen molar-refractivity contribution in [3.63, 3.8) is 0 Å². The van der Waals surface area contributed by atoms with Gasteiger partial charge in [-0.05, 0) is 24.1 Å². The molecule has 0 aromatic rings. The Morgan fingerprint density at radius 1 is 1.55 bits per heavy atom. The second-order valence-corrected chi connectivity index (χ2v) is 5.07. The lowest BCUT2D eigenvalue weighted by Gasteiger charge is -2.38. The van der Waals surface area contributed by atoms with E-state index in [9.17, 15) is 0 Å². The van der Waals surface area contributed by atoms with Gasteiger partial charge in [-0.2, -0.15) is 11.8 Å². The predicted octanol–water partition coefficient (Wildman–Crippen LogP) is 2.13. The largest absolute Gasteiger partial charge is 0.313 e. The molecule has 1 heterocycles. The van der Waals surface area contributed by atoms with Crippen LogP contribution in [0.1, 0.15) is 27.2 Å². The van der Waals surface area contributed by atoms with Crippen molar-refractivity contribution < 1.29 is 0 Å². The summed E-state index contributed by atoms with van der Waals surface area (Å²) in [6.07, 6.45) is 1.36. The Labute approximate surface area is 74.3 Å².